The highest BCUT2D eigenvalue weighted by Crippen LogP contribution is 2.07. The maximum atomic E-state index is 11.1. The van der Waals surface area contributed by atoms with Gasteiger partial charge in [0.15, 0.2) is 0 Å². The molecule has 0 aliphatic rings. The van der Waals surface area contributed by atoms with Gasteiger partial charge in [-0.05, 0) is 34.9 Å². The molecule has 1 aromatic carbocycles. The van der Waals surface area contributed by atoms with Gasteiger partial charge in [-0.2, -0.15) is 4.68 Å². The molecule has 5 heteroatoms. The van der Waals surface area contributed by atoms with Crippen molar-refractivity contribution >= 4 is 0 Å². The van der Waals surface area contributed by atoms with E-state index in [0.29, 0.717) is 6.54 Å². The second-order valence-corrected chi connectivity index (χ2v) is 3.41. The zero-order chi connectivity index (χ0) is 10.7. The Bertz CT molecular complexity index is 500. The summed E-state index contributed by atoms with van der Waals surface area (Å²) in [7, 11) is 0. The van der Waals surface area contributed by atoms with E-state index in [1.54, 1.807) is 0 Å². The molecular weight excluding hydrogens is 192 g/mol. The number of benzene rings is 1. The molecule has 0 saturated carbocycles. The van der Waals surface area contributed by atoms with E-state index >= 15 is 0 Å². The van der Waals surface area contributed by atoms with E-state index in [4.69, 9.17) is 0 Å². The Labute approximate surface area is 86.7 Å². The van der Waals surface area contributed by atoms with Gasteiger partial charge >= 0.3 is 5.69 Å². The van der Waals surface area contributed by atoms with Gasteiger partial charge in [0.1, 0.15) is 0 Å². The van der Waals surface area contributed by atoms with Gasteiger partial charge in [0.2, 0.25) is 0 Å². The van der Waals surface area contributed by atoms with Crippen LogP contribution in [-0.2, 0) is 13.0 Å². The van der Waals surface area contributed by atoms with Crippen LogP contribution in [0.25, 0.3) is 0 Å². The Morgan fingerprint density at radius 1 is 1.40 bits per heavy atom. The van der Waals surface area contributed by atoms with Crippen molar-refractivity contribution < 1.29 is 0 Å². The van der Waals surface area contributed by atoms with Gasteiger partial charge in [-0.15, -0.1) is 0 Å². The van der Waals surface area contributed by atoms with E-state index in [9.17, 15) is 4.79 Å². The van der Waals surface area contributed by atoms with Gasteiger partial charge in [-0.1, -0.05) is 24.3 Å². The summed E-state index contributed by atoms with van der Waals surface area (Å²) in [6.45, 7) is 2.61. The first-order valence-electron chi connectivity index (χ1n) is 4.80. The number of tetrazole rings is 1. The molecule has 0 atom stereocenters. The normalized spacial score (nSPS) is 10.5. The number of rotatable bonds is 3. The van der Waals surface area contributed by atoms with Crippen LogP contribution in [0.3, 0.4) is 0 Å². The summed E-state index contributed by atoms with van der Waals surface area (Å²) >= 11 is 0. The molecule has 1 heterocycles. The fraction of sp³-hybridized carbons (Fsp3) is 0.300. The quantitative estimate of drug-likeness (QED) is 0.792. The van der Waals surface area contributed by atoms with Crippen LogP contribution in [0.2, 0.25) is 0 Å². The molecule has 0 unspecified atom stereocenters. The second-order valence-electron chi connectivity index (χ2n) is 3.41. The molecule has 78 valence electrons. The summed E-state index contributed by atoms with van der Waals surface area (Å²) in [4.78, 5) is 11.1. The Balaban J connectivity index is 2.09. The van der Waals surface area contributed by atoms with Crippen LogP contribution in [0.1, 0.15) is 11.1 Å². The monoisotopic (exact) mass is 204 g/mol. The highest BCUT2D eigenvalue weighted by atomic mass is 16.2. The first kappa shape index (κ1) is 9.64. The molecule has 1 aromatic heterocycles. The summed E-state index contributed by atoms with van der Waals surface area (Å²) < 4.78 is 1.33. The number of H-pyrrole nitrogens is 1. The van der Waals surface area contributed by atoms with Crippen LogP contribution in [0.4, 0.5) is 0 Å². The predicted octanol–water partition coefficient (Wildman–Crippen LogP) is 0.518. The van der Waals surface area contributed by atoms with Gasteiger partial charge in [0.25, 0.3) is 0 Å². The van der Waals surface area contributed by atoms with Crippen molar-refractivity contribution in [2.75, 3.05) is 0 Å². The van der Waals surface area contributed by atoms with Crippen LogP contribution >= 0.6 is 0 Å². The van der Waals surface area contributed by atoms with E-state index in [2.05, 4.69) is 34.6 Å². The van der Waals surface area contributed by atoms with Crippen molar-refractivity contribution in [1.29, 1.82) is 0 Å². The molecule has 0 aliphatic carbocycles. The number of hydrogen-bond donors (Lipinski definition) is 1. The summed E-state index contributed by atoms with van der Waals surface area (Å²) in [5.74, 6) is 0. The topological polar surface area (TPSA) is 63.6 Å². The third kappa shape index (κ3) is 2.12. The molecule has 0 aliphatic heterocycles. The number of aromatic nitrogens is 4. The zero-order valence-corrected chi connectivity index (χ0v) is 8.47. The van der Waals surface area contributed by atoms with Crippen molar-refractivity contribution in [3.05, 3.63) is 45.9 Å². The minimum absolute atomic E-state index is 0.261. The summed E-state index contributed by atoms with van der Waals surface area (Å²) in [5, 5.41) is 9.36. The minimum atomic E-state index is -0.261. The molecule has 0 radical (unpaired) electrons. The number of nitrogens with zero attached hydrogens (tertiary/aromatic N) is 3. The molecular formula is C10H12N4O. The van der Waals surface area contributed by atoms with E-state index in [0.717, 1.165) is 6.42 Å². The van der Waals surface area contributed by atoms with Crippen LogP contribution in [0.15, 0.2) is 29.1 Å². The molecule has 0 bridgehead atoms. The summed E-state index contributed by atoms with van der Waals surface area (Å²) in [5.41, 5.74) is 2.20. The fourth-order valence-corrected chi connectivity index (χ4v) is 1.48. The number of hydrogen-bond acceptors (Lipinski definition) is 3. The lowest BCUT2D eigenvalue weighted by atomic mass is 10.1. The van der Waals surface area contributed by atoms with Gasteiger partial charge in [-0.25, -0.2) is 9.89 Å². The highest BCUT2D eigenvalue weighted by molar-refractivity contribution is 5.25. The SMILES string of the molecule is Cc1ccccc1CCn1nn[nH]c1=O. The lowest BCUT2D eigenvalue weighted by Gasteiger charge is -2.03. The van der Waals surface area contributed by atoms with Crippen LogP contribution < -0.4 is 5.69 Å². The van der Waals surface area contributed by atoms with Crippen molar-refractivity contribution in [2.45, 2.75) is 19.9 Å². The van der Waals surface area contributed by atoms with Crippen LogP contribution in [-0.4, -0.2) is 20.2 Å². The largest absolute Gasteiger partial charge is 0.361 e. The Morgan fingerprint density at radius 3 is 2.87 bits per heavy atom. The van der Waals surface area contributed by atoms with Crippen molar-refractivity contribution in [1.82, 2.24) is 20.2 Å². The smallest absolute Gasteiger partial charge is 0.245 e. The first-order chi connectivity index (χ1) is 7.27. The Morgan fingerprint density at radius 2 is 2.20 bits per heavy atom. The van der Waals surface area contributed by atoms with E-state index in [-0.39, 0.29) is 5.69 Å². The third-order valence-electron chi connectivity index (χ3n) is 2.39. The van der Waals surface area contributed by atoms with Gasteiger partial charge in [0, 0.05) is 0 Å². The Kier molecular flexibility index (Phi) is 2.62. The number of nitrogens with one attached hydrogen (secondary N) is 1. The molecule has 5 nitrogen and oxygen atoms in total. The summed E-state index contributed by atoms with van der Waals surface area (Å²) in [6, 6.07) is 8.11. The minimum Gasteiger partial charge on any atom is -0.245 e. The molecule has 2 aromatic rings. The van der Waals surface area contributed by atoms with E-state index < -0.39 is 0 Å². The predicted molar refractivity (Wildman–Crippen MR) is 55.5 cm³/mol. The fourth-order valence-electron chi connectivity index (χ4n) is 1.48. The Hall–Kier alpha value is -1.91. The lowest BCUT2D eigenvalue weighted by molar-refractivity contribution is 0.573. The standard InChI is InChI=1S/C10H12N4O/c1-8-4-2-3-5-9(8)6-7-14-10(15)11-12-13-14/h2-5H,6-7H2,1H3,(H,11,13,15). The number of aromatic amines is 1. The van der Waals surface area contributed by atoms with Gasteiger partial charge in [-0.3, -0.25) is 0 Å². The van der Waals surface area contributed by atoms with Crippen LogP contribution in [0, 0.1) is 6.92 Å². The molecule has 0 saturated heterocycles. The van der Waals surface area contributed by atoms with Gasteiger partial charge < -0.3 is 0 Å². The first-order valence-corrected chi connectivity index (χ1v) is 4.80. The molecule has 1 N–H and O–H groups in total. The van der Waals surface area contributed by atoms with Gasteiger partial charge in [0.05, 0.1) is 6.54 Å². The molecule has 0 spiro atoms. The lowest BCUT2D eigenvalue weighted by Crippen LogP contribution is -2.19. The van der Waals surface area contributed by atoms with Crippen molar-refractivity contribution in [3.8, 4) is 0 Å². The maximum Gasteiger partial charge on any atom is 0.361 e. The zero-order valence-electron chi connectivity index (χ0n) is 8.47. The molecule has 2 rings (SSSR count). The van der Waals surface area contributed by atoms with Crippen LogP contribution in [0.5, 0.6) is 0 Å². The third-order valence-corrected chi connectivity index (χ3v) is 2.39. The maximum absolute atomic E-state index is 11.1. The molecule has 0 amide bonds. The molecule has 15 heavy (non-hydrogen) atoms. The summed E-state index contributed by atoms with van der Waals surface area (Å²) in [6.07, 6.45) is 0.791. The van der Waals surface area contributed by atoms with E-state index in [1.807, 2.05) is 12.1 Å². The van der Waals surface area contributed by atoms with Crippen molar-refractivity contribution in [2.24, 2.45) is 0 Å². The highest BCUT2D eigenvalue weighted by Gasteiger charge is 2.01. The average Bonchev–Trinajstić information content (AvgIpc) is 2.63. The second kappa shape index (κ2) is 4.08. The van der Waals surface area contributed by atoms with Crippen molar-refractivity contribution in [3.63, 3.8) is 0 Å². The van der Waals surface area contributed by atoms with E-state index in [1.165, 1.54) is 15.8 Å². The average molecular weight is 204 g/mol. The molecule has 0 fully saturated rings. The number of aryl methyl sites for hydroxylation is 3.